The fourth-order valence-corrected chi connectivity index (χ4v) is 5.25. The highest BCUT2D eigenvalue weighted by Crippen LogP contribution is 2.29. The van der Waals surface area contributed by atoms with Crippen molar-refractivity contribution in [2.45, 2.75) is 63.8 Å². The first-order chi connectivity index (χ1) is 17.8. The Hall–Kier alpha value is -2.85. The van der Waals surface area contributed by atoms with E-state index in [1.54, 1.807) is 0 Å². The van der Waals surface area contributed by atoms with E-state index < -0.39 is 17.5 Å². The molecule has 3 N–H and O–H groups in total. The number of amides is 2. The zero-order valence-corrected chi connectivity index (χ0v) is 21.4. The van der Waals surface area contributed by atoms with Crippen molar-refractivity contribution in [1.29, 1.82) is 0 Å². The summed E-state index contributed by atoms with van der Waals surface area (Å²) in [7, 11) is 0. The summed E-state index contributed by atoms with van der Waals surface area (Å²) in [6.07, 6.45) is 8.22. The van der Waals surface area contributed by atoms with E-state index >= 15 is 0 Å². The molecule has 0 radical (unpaired) electrons. The molecule has 11 heteroatoms. The lowest BCUT2D eigenvalue weighted by Crippen LogP contribution is -2.40. The van der Waals surface area contributed by atoms with Gasteiger partial charge in [-0.2, -0.15) is 0 Å². The number of H-pyrrole nitrogens is 1. The van der Waals surface area contributed by atoms with Gasteiger partial charge in [-0.3, -0.25) is 14.4 Å². The Balaban J connectivity index is 1.23. The number of benzene rings is 1. The summed E-state index contributed by atoms with van der Waals surface area (Å²) < 4.78 is 26.8. The van der Waals surface area contributed by atoms with Crippen molar-refractivity contribution in [3.8, 4) is 0 Å². The van der Waals surface area contributed by atoms with E-state index in [4.69, 9.17) is 11.6 Å². The van der Waals surface area contributed by atoms with Gasteiger partial charge in [0.25, 0.3) is 5.91 Å². The maximum Gasteiger partial charge on any atom is 0.270 e. The highest BCUT2D eigenvalue weighted by molar-refractivity contribution is 6.33. The molecule has 1 saturated carbocycles. The van der Waals surface area contributed by atoms with Gasteiger partial charge in [-0.1, -0.05) is 18.0 Å². The quantitative estimate of drug-likeness (QED) is 0.318. The molecule has 1 aromatic carbocycles. The molecular weight excluding hydrogens is 504 g/mol. The molecule has 1 aliphatic heterocycles. The van der Waals surface area contributed by atoms with Crippen molar-refractivity contribution in [1.82, 2.24) is 20.2 Å². The third-order valence-corrected chi connectivity index (χ3v) is 7.47. The van der Waals surface area contributed by atoms with Crippen molar-refractivity contribution >= 4 is 34.9 Å². The number of halogens is 3. The van der Waals surface area contributed by atoms with Gasteiger partial charge in [-0.05, 0) is 70.6 Å². The number of anilines is 1. The van der Waals surface area contributed by atoms with Crippen molar-refractivity contribution in [2.75, 3.05) is 25.0 Å². The molecule has 2 heterocycles. The van der Waals surface area contributed by atoms with E-state index in [1.165, 1.54) is 25.6 Å². The maximum absolute atomic E-state index is 13.5. The van der Waals surface area contributed by atoms with Crippen LogP contribution in [0.4, 0.5) is 14.5 Å². The van der Waals surface area contributed by atoms with E-state index in [2.05, 4.69) is 25.5 Å². The summed E-state index contributed by atoms with van der Waals surface area (Å²) >= 11 is 5.91. The van der Waals surface area contributed by atoms with Gasteiger partial charge in [0.15, 0.2) is 17.4 Å². The fraction of sp³-hybridized carbons (Fsp3) is 0.538. The van der Waals surface area contributed by atoms with Crippen LogP contribution in [0.15, 0.2) is 18.5 Å². The van der Waals surface area contributed by atoms with Gasteiger partial charge in [0.2, 0.25) is 5.91 Å². The Bertz CT molecular complexity index is 1130. The molecule has 2 amide bonds. The van der Waals surface area contributed by atoms with Crippen LogP contribution >= 0.6 is 11.6 Å². The average molecular weight is 536 g/mol. The van der Waals surface area contributed by atoms with Crippen LogP contribution in [0.3, 0.4) is 0 Å². The smallest absolute Gasteiger partial charge is 0.270 e. The molecule has 8 nitrogen and oxygen atoms in total. The number of aromatic nitrogens is 2. The zero-order valence-electron chi connectivity index (χ0n) is 20.6. The van der Waals surface area contributed by atoms with Crippen molar-refractivity contribution in [3.63, 3.8) is 0 Å². The Kier molecular flexibility index (Phi) is 9.26. The summed E-state index contributed by atoms with van der Waals surface area (Å²) in [5.41, 5.74) is 0.344. The second-order valence-electron chi connectivity index (χ2n) is 9.81. The minimum Gasteiger partial charge on any atom is -0.348 e. The van der Waals surface area contributed by atoms with Gasteiger partial charge in [0.05, 0.1) is 17.0 Å². The number of imidazole rings is 1. The molecule has 37 heavy (non-hydrogen) atoms. The van der Waals surface area contributed by atoms with Crippen LogP contribution in [-0.2, 0) is 4.79 Å². The number of carbonyl (C=O) groups excluding carboxylic acids is 3. The van der Waals surface area contributed by atoms with Crippen LogP contribution in [-0.4, -0.2) is 58.1 Å². The normalized spacial score (nSPS) is 20.4. The number of piperidine rings is 1. The predicted molar refractivity (Wildman–Crippen MR) is 136 cm³/mol. The summed E-state index contributed by atoms with van der Waals surface area (Å²) in [5, 5.41) is 5.43. The lowest BCUT2D eigenvalue weighted by molar-refractivity contribution is -0.120. The topological polar surface area (TPSA) is 107 Å². The highest BCUT2D eigenvalue weighted by Gasteiger charge is 2.29. The number of carbonyl (C=O) groups is 3. The van der Waals surface area contributed by atoms with Crippen LogP contribution in [0.25, 0.3) is 0 Å². The third kappa shape index (κ3) is 7.13. The molecule has 2 aliphatic rings. The molecule has 2 aromatic rings. The number of likely N-dealkylation sites (tertiary alicyclic amines) is 1. The first-order valence-electron chi connectivity index (χ1n) is 12.9. The Morgan fingerprint density at radius 2 is 1.76 bits per heavy atom. The monoisotopic (exact) mass is 535 g/mol. The summed E-state index contributed by atoms with van der Waals surface area (Å²) in [4.78, 5) is 47.5. The van der Waals surface area contributed by atoms with Crippen LogP contribution in [0.1, 0.15) is 78.8 Å². The van der Waals surface area contributed by atoms with Crippen molar-refractivity contribution < 1.29 is 23.2 Å². The minimum atomic E-state index is -1.09. The van der Waals surface area contributed by atoms with Crippen molar-refractivity contribution in [3.05, 3.63) is 46.5 Å². The van der Waals surface area contributed by atoms with E-state index in [0.717, 1.165) is 38.2 Å². The van der Waals surface area contributed by atoms with E-state index in [-0.39, 0.29) is 45.7 Å². The molecule has 0 unspecified atom stereocenters. The number of hydrogen-bond acceptors (Lipinski definition) is 5. The number of aromatic amines is 1. The molecule has 200 valence electrons. The molecule has 1 saturated heterocycles. The van der Waals surface area contributed by atoms with Gasteiger partial charge in [0.1, 0.15) is 11.4 Å². The van der Waals surface area contributed by atoms with Crippen LogP contribution < -0.4 is 10.6 Å². The van der Waals surface area contributed by atoms with E-state index in [0.29, 0.717) is 32.1 Å². The van der Waals surface area contributed by atoms with Crippen LogP contribution in [0.5, 0.6) is 0 Å². The van der Waals surface area contributed by atoms with E-state index in [1.807, 2.05) is 0 Å². The number of rotatable bonds is 9. The molecule has 0 atom stereocenters. The van der Waals surface area contributed by atoms with Crippen LogP contribution in [0, 0.1) is 17.6 Å². The van der Waals surface area contributed by atoms with E-state index in [9.17, 15) is 23.2 Å². The third-order valence-electron chi connectivity index (χ3n) is 7.16. The molecule has 2 fully saturated rings. The lowest BCUT2D eigenvalue weighted by atomic mass is 9.85. The number of nitrogens with zero attached hydrogens (tertiary/aromatic N) is 2. The number of nitrogens with one attached hydrogen (secondary N) is 3. The number of Topliss-reactive ketones (excluding diaryl/α,β-unsaturated/α-hetero) is 1. The number of hydrogen-bond donors (Lipinski definition) is 3. The maximum atomic E-state index is 13.5. The van der Waals surface area contributed by atoms with Gasteiger partial charge < -0.3 is 20.5 Å². The lowest BCUT2D eigenvalue weighted by Gasteiger charge is -2.28. The Labute approximate surface area is 219 Å². The largest absolute Gasteiger partial charge is 0.348 e. The zero-order chi connectivity index (χ0) is 26.4. The molecular formula is C26H32ClF2N5O3. The molecule has 4 rings (SSSR count). The van der Waals surface area contributed by atoms with Gasteiger partial charge >= 0.3 is 0 Å². The summed E-state index contributed by atoms with van der Waals surface area (Å²) in [5.74, 6) is -3.40. The van der Waals surface area contributed by atoms with Crippen LogP contribution in [0.2, 0.25) is 5.02 Å². The van der Waals surface area contributed by atoms with Gasteiger partial charge in [-0.25, -0.2) is 13.8 Å². The highest BCUT2D eigenvalue weighted by atomic mass is 35.5. The number of ketones is 1. The Morgan fingerprint density at radius 3 is 2.49 bits per heavy atom. The minimum absolute atomic E-state index is 0.0216. The standard InChI is InChI=1S/C26H32ClF2N5O3/c27-18-13-19(28)20(29)14-21(18)33-25(36)16-6-8-17(9-7-16)32-26(37)24-23(30-15-31-24)22(35)5-4-12-34-10-2-1-3-11-34/h13-17H,1-12H2,(H,30,31)(H,32,37)(H,33,36). The van der Waals surface area contributed by atoms with Crippen molar-refractivity contribution in [2.24, 2.45) is 5.92 Å². The summed E-state index contributed by atoms with van der Waals surface area (Å²) in [6.45, 7) is 3.02. The SMILES string of the molecule is O=C(CCCN1CCCCC1)c1nc[nH]c1C(=O)NC1CCC(C(=O)Nc2cc(F)c(F)cc2Cl)CC1. The first kappa shape index (κ1) is 27.2. The molecule has 0 spiro atoms. The fourth-order valence-electron chi connectivity index (χ4n) is 5.05. The summed E-state index contributed by atoms with van der Waals surface area (Å²) in [6, 6.07) is 1.52. The predicted octanol–water partition coefficient (Wildman–Crippen LogP) is 4.72. The second kappa shape index (κ2) is 12.6. The average Bonchev–Trinajstić information content (AvgIpc) is 3.39. The molecule has 1 aromatic heterocycles. The second-order valence-corrected chi connectivity index (χ2v) is 10.2. The first-order valence-corrected chi connectivity index (χ1v) is 13.2. The van der Waals surface area contributed by atoms with Gasteiger partial charge in [-0.15, -0.1) is 0 Å². The molecule has 0 bridgehead atoms. The van der Waals surface area contributed by atoms with Gasteiger partial charge in [0, 0.05) is 24.4 Å². The Morgan fingerprint density at radius 1 is 1.05 bits per heavy atom. The molecule has 1 aliphatic carbocycles.